The van der Waals surface area contributed by atoms with Crippen molar-refractivity contribution in [3.05, 3.63) is 65.5 Å². The maximum atomic E-state index is 13.2. The molecule has 0 aliphatic heterocycles. The molecule has 1 atom stereocenters. The van der Waals surface area contributed by atoms with Gasteiger partial charge in [-0.05, 0) is 42.7 Å². The smallest absolute Gasteiger partial charge is 0.165 e. The van der Waals surface area contributed by atoms with Gasteiger partial charge in [0.25, 0.3) is 0 Å². The number of aromatic nitrogens is 2. The Kier molecular flexibility index (Phi) is 4.27. The number of aryl methyl sites for hydroxylation is 2. The van der Waals surface area contributed by atoms with E-state index in [0.29, 0.717) is 6.42 Å². The Morgan fingerprint density at radius 3 is 2.74 bits per heavy atom. The van der Waals surface area contributed by atoms with Gasteiger partial charge in [0, 0.05) is 52.7 Å². The minimum absolute atomic E-state index is 0.134. The second-order valence-corrected chi connectivity index (χ2v) is 7.27. The number of hydrogen-bond acceptors (Lipinski definition) is 2. The molecular weight excluding hydrogens is 336 g/mol. The van der Waals surface area contributed by atoms with Gasteiger partial charge in [0.05, 0.1) is 7.11 Å². The molecule has 0 bridgehead atoms. The monoisotopic (exact) mass is 360 g/mol. The third kappa shape index (κ3) is 2.91. The van der Waals surface area contributed by atoms with Gasteiger partial charge in [0.1, 0.15) is 5.75 Å². The largest absolute Gasteiger partial charge is 0.497 e. The Labute approximate surface area is 158 Å². The van der Waals surface area contributed by atoms with E-state index in [1.54, 1.807) is 7.11 Å². The maximum Gasteiger partial charge on any atom is 0.165 e. The van der Waals surface area contributed by atoms with Crippen LogP contribution in [0.4, 0.5) is 0 Å². The van der Waals surface area contributed by atoms with E-state index in [-0.39, 0.29) is 11.7 Å². The molecule has 1 N–H and O–H groups in total. The van der Waals surface area contributed by atoms with Crippen LogP contribution in [0.25, 0.3) is 21.8 Å². The molecule has 0 radical (unpaired) electrons. The highest BCUT2D eigenvalue weighted by Crippen LogP contribution is 2.33. The maximum absolute atomic E-state index is 13.2. The number of hydrogen-bond donors (Lipinski definition) is 1. The third-order valence-corrected chi connectivity index (χ3v) is 5.42. The SMILES string of the molecule is COc1ccc2c(c1)c(C(=O)CC(C)c1c(C)[nH]c3ccccc13)cn2C. The van der Waals surface area contributed by atoms with E-state index in [2.05, 4.69) is 31.0 Å². The van der Waals surface area contributed by atoms with Crippen LogP contribution in [-0.4, -0.2) is 22.4 Å². The van der Waals surface area contributed by atoms with Crippen molar-refractivity contribution in [2.75, 3.05) is 7.11 Å². The lowest BCUT2D eigenvalue weighted by molar-refractivity contribution is 0.0977. The summed E-state index contributed by atoms with van der Waals surface area (Å²) in [4.78, 5) is 16.6. The van der Waals surface area contributed by atoms with Crippen molar-refractivity contribution in [2.24, 2.45) is 7.05 Å². The number of nitrogens with zero attached hydrogens (tertiary/aromatic N) is 1. The molecule has 0 spiro atoms. The molecule has 0 aliphatic rings. The second kappa shape index (κ2) is 6.62. The van der Waals surface area contributed by atoms with Crippen LogP contribution in [0, 0.1) is 6.92 Å². The van der Waals surface area contributed by atoms with Crippen molar-refractivity contribution in [2.45, 2.75) is 26.2 Å². The summed E-state index contributed by atoms with van der Waals surface area (Å²) in [7, 11) is 3.62. The third-order valence-electron chi connectivity index (χ3n) is 5.42. The molecule has 2 heterocycles. The molecule has 2 aromatic heterocycles. The van der Waals surface area contributed by atoms with E-state index in [9.17, 15) is 4.79 Å². The number of ketones is 1. The van der Waals surface area contributed by atoms with E-state index in [0.717, 1.165) is 33.4 Å². The molecule has 0 aliphatic carbocycles. The number of benzene rings is 2. The molecule has 0 saturated heterocycles. The number of aromatic amines is 1. The Balaban J connectivity index is 1.69. The average Bonchev–Trinajstić information content (AvgIpc) is 3.17. The number of Topliss-reactive ketones (excluding diaryl/α,β-unsaturated/α-hetero) is 1. The molecule has 138 valence electrons. The summed E-state index contributed by atoms with van der Waals surface area (Å²) in [5, 5.41) is 2.15. The summed E-state index contributed by atoms with van der Waals surface area (Å²) >= 11 is 0. The predicted molar refractivity (Wildman–Crippen MR) is 110 cm³/mol. The lowest BCUT2D eigenvalue weighted by atomic mass is 9.91. The highest BCUT2D eigenvalue weighted by Gasteiger charge is 2.21. The van der Waals surface area contributed by atoms with Gasteiger partial charge >= 0.3 is 0 Å². The normalized spacial score (nSPS) is 12.6. The number of ether oxygens (including phenoxy) is 1. The van der Waals surface area contributed by atoms with Crippen LogP contribution >= 0.6 is 0 Å². The molecule has 0 fully saturated rings. The van der Waals surface area contributed by atoms with Crippen LogP contribution in [0.1, 0.15) is 40.9 Å². The van der Waals surface area contributed by atoms with Crippen LogP contribution in [-0.2, 0) is 7.05 Å². The van der Waals surface area contributed by atoms with Gasteiger partial charge in [-0.2, -0.15) is 0 Å². The Bertz CT molecular complexity index is 1150. The van der Waals surface area contributed by atoms with E-state index in [1.165, 1.54) is 10.9 Å². The van der Waals surface area contributed by atoms with Gasteiger partial charge in [-0.1, -0.05) is 25.1 Å². The molecule has 2 aromatic carbocycles. The summed E-state index contributed by atoms with van der Waals surface area (Å²) in [6, 6.07) is 14.2. The predicted octanol–water partition coefficient (Wildman–Crippen LogP) is 5.35. The highest BCUT2D eigenvalue weighted by molar-refractivity contribution is 6.08. The summed E-state index contributed by atoms with van der Waals surface area (Å²) in [6.45, 7) is 4.21. The number of para-hydroxylation sites is 1. The summed E-state index contributed by atoms with van der Waals surface area (Å²) in [5.74, 6) is 1.06. The standard InChI is InChI=1S/C23H24N2O2/c1-14(23-15(2)24-20-8-6-5-7-17(20)23)11-22(26)19-13-25(3)21-10-9-16(27-4)12-18(19)21/h5-10,12-14,24H,11H2,1-4H3. The van der Waals surface area contributed by atoms with Gasteiger partial charge in [-0.25, -0.2) is 0 Å². The van der Waals surface area contributed by atoms with Crippen molar-refractivity contribution in [3.63, 3.8) is 0 Å². The number of methoxy groups -OCH3 is 1. The minimum Gasteiger partial charge on any atom is -0.497 e. The molecule has 4 aromatic rings. The van der Waals surface area contributed by atoms with Gasteiger partial charge in [-0.15, -0.1) is 0 Å². The van der Waals surface area contributed by atoms with Crippen molar-refractivity contribution in [1.29, 1.82) is 0 Å². The molecule has 4 rings (SSSR count). The number of nitrogens with one attached hydrogen (secondary N) is 1. The molecule has 4 nitrogen and oxygen atoms in total. The fraction of sp³-hybridized carbons (Fsp3) is 0.261. The van der Waals surface area contributed by atoms with Crippen molar-refractivity contribution < 1.29 is 9.53 Å². The summed E-state index contributed by atoms with van der Waals surface area (Å²) < 4.78 is 7.35. The number of rotatable bonds is 5. The number of H-pyrrole nitrogens is 1. The zero-order valence-electron chi connectivity index (χ0n) is 16.2. The average molecular weight is 360 g/mol. The van der Waals surface area contributed by atoms with Crippen LogP contribution in [0.5, 0.6) is 5.75 Å². The minimum atomic E-state index is 0.134. The first-order valence-electron chi connectivity index (χ1n) is 9.23. The van der Waals surface area contributed by atoms with Crippen LogP contribution in [0.2, 0.25) is 0 Å². The zero-order chi connectivity index (χ0) is 19.1. The second-order valence-electron chi connectivity index (χ2n) is 7.27. The van der Waals surface area contributed by atoms with Gasteiger partial charge in [0.2, 0.25) is 0 Å². The quantitative estimate of drug-likeness (QED) is 0.488. The fourth-order valence-electron chi connectivity index (χ4n) is 4.14. The Morgan fingerprint density at radius 1 is 1.19 bits per heavy atom. The first-order valence-corrected chi connectivity index (χ1v) is 9.23. The van der Waals surface area contributed by atoms with Gasteiger partial charge < -0.3 is 14.3 Å². The molecule has 0 amide bonds. The Morgan fingerprint density at radius 2 is 1.96 bits per heavy atom. The van der Waals surface area contributed by atoms with Crippen LogP contribution < -0.4 is 4.74 Å². The van der Waals surface area contributed by atoms with E-state index in [4.69, 9.17) is 4.74 Å². The number of carbonyl (C=O) groups is 1. The zero-order valence-corrected chi connectivity index (χ0v) is 16.2. The van der Waals surface area contributed by atoms with E-state index >= 15 is 0 Å². The lowest BCUT2D eigenvalue weighted by Gasteiger charge is -2.11. The summed E-state index contributed by atoms with van der Waals surface area (Å²) in [6.07, 6.45) is 2.40. The van der Waals surface area contributed by atoms with Crippen LogP contribution in [0.15, 0.2) is 48.7 Å². The topological polar surface area (TPSA) is 47.0 Å². The molecule has 0 saturated carbocycles. The Hall–Kier alpha value is -3.01. The fourth-order valence-corrected chi connectivity index (χ4v) is 4.14. The highest BCUT2D eigenvalue weighted by atomic mass is 16.5. The van der Waals surface area contributed by atoms with E-state index < -0.39 is 0 Å². The van der Waals surface area contributed by atoms with Crippen molar-refractivity contribution in [1.82, 2.24) is 9.55 Å². The van der Waals surface area contributed by atoms with Gasteiger partial charge in [0.15, 0.2) is 5.78 Å². The molecule has 1 unspecified atom stereocenters. The number of fused-ring (bicyclic) bond motifs is 2. The first-order chi connectivity index (χ1) is 13.0. The summed E-state index contributed by atoms with van der Waals surface area (Å²) in [5.41, 5.74) is 5.29. The van der Waals surface area contributed by atoms with Crippen molar-refractivity contribution in [3.8, 4) is 5.75 Å². The van der Waals surface area contributed by atoms with E-state index in [1.807, 2.05) is 48.1 Å². The molecule has 27 heavy (non-hydrogen) atoms. The first kappa shape index (κ1) is 17.4. The number of carbonyl (C=O) groups excluding carboxylic acids is 1. The van der Waals surface area contributed by atoms with Crippen LogP contribution in [0.3, 0.4) is 0 Å². The molecule has 4 heteroatoms. The van der Waals surface area contributed by atoms with Gasteiger partial charge in [-0.3, -0.25) is 4.79 Å². The molecular formula is C23H24N2O2. The lowest BCUT2D eigenvalue weighted by Crippen LogP contribution is -2.05. The van der Waals surface area contributed by atoms with Crippen molar-refractivity contribution >= 4 is 27.6 Å².